The van der Waals surface area contributed by atoms with Gasteiger partial charge in [0.2, 0.25) is 21.8 Å². The van der Waals surface area contributed by atoms with E-state index in [-0.39, 0.29) is 29.9 Å². The molecule has 1 aliphatic carbocycles. The predicted molar refractivity (Wildman–Crippen MR) is 132 cm³/mol. The van der Waals surface area contributed by atoms with E-state index in [0.29, 0.717) is 5.69 Å². The number of sulfonamides is 1. The van der Waals surface area contributed by atoms with Gasteiger partial charge in [-0.25, -0.2) is 8.42 Å². The quantitative estimate of drug-likeness (QED) is 0.705. The molecule has 1 saturated carbocycles. The van der Waals surface area contributed by atoms with E-state index in [4.69, 9.17) is 0 Å². The number of benzene rings is 2. The van der Waals surface area contributed by atoms with Gasteiger partial charge in [-0.15, -0.1) is 0 Å². The largest absolute Gasteiger partial charge is 0.351 e. The Balaban J connectivity index is 1.74. The van der Waals surface area contributed by atoms with Gasteiger partial charge in [0, 0.05) is 18.3 Å². The molecule has 1 unspecified atom stereocenters. The van der Waals surface area contributed by atoms with Crippen LogP contribution in [0.5, 0.6) is 0 Å². The lowest BCUT2D eigenvalue weighted by Gasteiger charge is -2.47. The van der Waals surface area contributed by atoms with Gasteiger partial charge in [-0.3, -0.25) is 14.5 Å². The van der Waals surface area contributed by atoms with E-state index in [2.05, 4.69) is 5.32 Å². The second kappa shape index (κ2) is 9.50. The number of rotatable bonds is 5. The fourth-order valence-corrected chi connectivity index (χ4v) is 6.65. The number of hydrogen-bond acceptors (Lipinski definition) is 4. The Morgan fingerprint density at radius 3 is 2.24 bits per heavy atom. The van der Waals surface area contributed by atoms with Crippen molar-refractivity contribution in [2.24, 2.45) is 0 Å². The van der Waals surface area contributed by atoms with Crippen molar-refractivity contribution >= 4 is 27.5 Å². The van der Waals surface area contributed by atoms with Crippen molar-refractivity contribution in [3.8, 4) is 0 Å². The van der Waals surface area contributed by atoms with Gasteiger partial charge in [0.15, 0.2) is 0 Å². The molecule has 2 amide bonds. The van der Waals surface area contributed by atoms with Crippen LogP contribution in [0, 0.1) is 13.8 Å². The summed E-state index contributed by atoms with van der Waals surface area (Å²) >= 11 is 0. The van der Waals surface area contributed by atoms with Crippen LogP contribution in [-0.4, -0.2) is 49.2 Å². The minimum atomic E-state index is -3.95. The van der Waals surface area contributed by atoms with Gasteiger partial charge >= 0.3 is 0 Å². The van der Waals surface area contributed by atoms with E-state index >= 15 is 0 Å². The molecule has 1 N–H and O–H groups in total. The zero-order valence-electron chi connectivity index (χ0n) is 20.1. The molecule has 1 aliphatic heterocycles. The van der Waals surface area contributed by atoms with Crippen molar-refractivity contribution in [3.05, 3.63) is 59.7 Å². The summed E-state index contributed by atoms with van der Waals surface area (Å²) < 4.78 is 28.0. The molecule has 182 valence electrons. The molecule has 0 bridgehead atoms. The second-order valence-electron chi connectivity index (χ2n) is 9.74. The molecular formula is C26H33N3O4S. The summed E-state index contributed by atoms with van der Waals surface area (Å²) in [5.41, 5.74) is 1.16. The van der Waals surface area contributed by atoms with Gasteiger partial charge in [-0.2, -0.15) is 4.31 Å². The van der Waals surface area contributed by atoms with Gasteiger partial charge in [0.25, 0.3) is 0 Å². The van der Waals surface area contributed by atoms with Crippen molar-refractivity contribution < 1.29 is 18.0 Å². The molecule has 7 nitrogen and oxygen atoms in total. The van der Waals surface area contributed by atoms with Crippen molar-refractivity contribution in [3.63, 3.8) is 0 Å². The molecule has 0 radical (unpaired) electrons. The van der Waals surface area contributed by atoms with E-state index < -0.39 is 21.5 Å². The fourth-order valence-electron chi connectivity index (χ4n) is 5.15. The number of carbonyl (C=O) groups is 2. The Hall–Kier alpha value is -2.71. The van der Waals surface area contributed by atoms with Crippen LogP contribution < -0.4 is 10.2 Å². The normalized spacial score (nSPS) is 22.6. The summed E-state index contributed by atoms with van der Waals surface area (Å²) in [6.45, 7) is 5.11. The third-order valence-corrected chi connectivity index (χ3v) is 8.62. The Morgan fingerprint density at radius 2 is 1.62 bits per heavy atom. The first-order valence-corrected chi connectivity index (χ1v) is 13.3. The first kappa shape index (κ1) is 24.4. The van der Waals surface area contributed by atoms with Gasteiger partial charge in [-0.1, -0.05) is 43.5 Å². The maximum Gasteiger partial charge on any atom is 0.247 e. The van der Waals surface area contributed by atoms with Crippen LogP contribution in [0.2, 0.25) is 0 Å². The molecule has 1 atom stereocenters. The summed E-state index contributed by atoms with van der Waals surface area (Å²) in [6.07, 6.45) is 5.04. The summed E-state index contributed by atoms with van der Waals surface area (Å²) in [5, 5.41) is 3.14. The maximum atomic E-state index is 13.8. The van der Waals surface area contributed by atoms with E-state index in [1.807, 2.05) is 32.0 Å². The van der Waals surface area contributed by atoms with Crippen LogP contribution in [0.1, 0.15) is 50.2 Å². The van der Waals surface area contributed by atoms with Crippen LogP contribution >= 0.6 is 0 Å². The fraction of sp³-hybridized carbons (Fsp3) is 0.462. The average molecular weight is 484 g/mol. The predicted octanol–water partition coefficient (Wildman–Crippen LogP) is 3.55. The highest BCUT2D eigenvalue weighted by Crippen LogP contribution is 2.33. The van der Waals surface area contributed by atoms with Crippen LogP contribution in [-0.2, 0) is 19.6 Å². The summed E-state index contributed by atoms with van der Waals surface area (Å²) in [5.74, 6) is -0.739. The van der Waals surface area contributed by atoms with Gasteiger partial charge in [-0.05, 0) is 69.0 Å². The lowest BCUT2D eigenvalue weighted by Crippen LogP contribution is -2.70. The maximum absolute atomic E-state index is 13.8. The number of aryl methyl sites for hydroxylation is 2. The molecule has 8 heteroatoms. The lowest BCUT2D eigenvalue weighted by molar-refractivity contribution is -0.133. The van der Waals surface area contributed by atoms with E-state index in [1.165, 1.54) is 17.0 Å². The number of hydrogen-bond donors (Lipinski definition) is 1. The summed E-state index contributed by atoms with van der Waals surface area (Å²) in [7, 11) is -3.95. The smallest absolute Gasteiger partial charge is 0.247 e. The van der Waals surface area contributed by atoms with Crippen molar-refractivity contribution in [2.75, 3.05) is 18.0 Å². The van der Waals surface area contributed by atoms with Crippen molar-refractivity contribution in [1.82, 2.24) is 9.62 Å². The molecule has 0 aromatic heterocycles. The molecular weight excluding hydrogens is 450 g/mol. The minimum absolute atomic E-state index is 0.0374. The SMILES string of the molecule is Cc1cc(C)cc(N2C(=O)CN(S(=O)(=O)c3ccccc3)CC2(C)C(=O)NC2CCCCC2)c1. The zero-order chi connectivity index (χ0) is 24.5. The first-order chi connectivity index (χ1) is 16.1. The van der Waals surface area contributed by atoms with Crippen molar-refractivity contribution in [2.45, 2.75) is 69.4 Å². The molecule has 2 fully saturated rings. The molecule has 2 aromatic rings. The van der Waals surface area contributed by atoms with Crippen molar-refractivity contribution in [1.29, 1.82) is 0 Å². The monoisotopic (exact) mass is 483 g/mol. The van der Waals surface area contributed by atoms with E-state index in [0.717, 1.165) is 47.5 Å². The minimum Gasteiger partial charge on any atom is -0.351 e. The third-order valence-electron chi connectivity index (χ3n) is 6.81. The number of amides is 2. The highest BCUT2D eigenvalue weighted by atomic mass is 32.2. The molecule has 2 aromatic carbocycles. The van der Waals surface area contributed by atoms with Gasteiger partial charge in [0.1, 0.15) is 5.54 Å². The Labute approximate surface area is 202 Å². The first-order valence-electron chi connectivity index (χ1n) is 11.9. The van der Waals surface area contributed by atoms with E-state index in [1.54, 1.807) is 25.1 Å². The topological polar surface area (TPSA) is 86.8 Å². The standard InChI is InChI=1S/C26H33N3O4S/c1-19-14-20(2)16-22(15-19)29-24(30)17-28(34(32,33)23-12-8-5-9-13-23)18-26(29,3)25(31)27-21-10-6-4-7-11-21/h5,8-9,12-16,21H,4,6-7,10-11,17-18H2,1-3H3,(H,27,31). The lowest BCUT2D eigenvalue weighted by atomic mass is 9.91. The summed E-state index contributed by atoms with van der Waals surface area (Å²) in [6, 6.07) is 13.8. The van der Waals surface area contributed by atoms with Crippen LogP contribution in [0.3, 0.4) is 0 Å². The second-order valence-corrected chi connectivity index (χ2v) is 11.7. The molecule has 34 heavy (non-hydrogen) atoms. The number of anilines is 1. The number of carbonyl (C=O) groups excluding carboxylic acids is 2. The third kappa shape index (κ3) is 4.74. The Morgan fingerprint density at radius 1 is 1.00 bits per heavy atom. The van der Waals surface area contributed by atoms with Crippen LogP contribution in [0.25, 0.3) is 0 Å². The van der Waals surface area contributed by atoms with Crippen LogP contribution in [0.4, 0.5) is 5.69 Å². The highest BCUT2D eigenvalue weighted by molar-refractivity contribution is 7.89. The van der Waals surface area contributed by atoms with E-state index in [9.17, 15) is 18.0 Å². The zero-order valence-corrected chi connectivity index (χ0v) is 20.9. The Bertz CT molecular complexity index is 1160. The van der Waals surface area contributed by atoms with Gasteiger partial charge in [0.05, 0.1) is 11.4 Å². The number of piperazine rings is 1. The number of nitrogens with one attached hydrogen (secondary N) is 1. The summed E-state index contributed by atoms with van der Waals surface area (Å²) in [4.78, 5) is 28.9. The number of nitrogens with zero attached hydrogens (tertiary/aromatic N) is 2. The molecule has 0 spiro atoms. The Kier molecular flexibility index (Phi) is 6.82. The molecule has 2 aliphatic rings. The molecule has 1 saturated heterocycles. The van der Waals surface area contributed by atoms with Crippen LogP contribution in [0.15, 0.2) is 53.4 Å². The van der Waals surface area contributed by atoms with Gasteiger partial charge < -0.3 is 5.32 Å². The molecule has 4 rings (SSSR count). The molecule has 1 heterocycles. The highest BCUT2D eigenvalue weighted by Gasteiger charge is 2.51. The average Bonchev–Trinajstić information content (AvgIpc) is 2.79.